The van der Waals surface area contributed by atoms with Crippen molar-refractivity contribution < 1.29 is 23.1 Å². The van der Waals surface area contributed by atoms with Crippen molar-refractivity contribution in [3.63, 3.8) is 0 Å². The van der Waals surface area contributed by atoms with E-state index >= 15 is 0 Å². The summed E-state index contributed by atoms with van der Waals surface area (Å²) in [5, 5.41) is 13.7. The van der Waals surface area contributed by atoms with Gasteiger partial charge in [-0.2, -0.15) is 9.82 Å². The molecule has 0 aromatic heterocycles. The number of hydrazone groups is 1. The Bertz CT molecular complexity index is 1020. The maximum atomic E-state index is 12.7. The lowest BCUT2D eigenvalue weighted by Crippen LogP contribution is -2.46. The van der Waals surface area contributed by atoms with Crippen LogP contribution in [0.2, 0.25) is 0 Å². The molecule has 0 aliphatic rings. The van der Waals surface area contributed by atoms with E-state index in [4.69, 9.17) is 4.74 Å². The highest BCUT2D eigenvalue weighted by Gasteiger charge is 2.26. The van der Waals surface area contributed by atoms with Gasteiger partial charge < -0.3 is 9.84 Å². The van der Waals surface area contributed by atoms with E-state index in [1.807, 2.05) is 20.8 Å². The van der Waals surface area contributed by atoms with Gasteiger partial charge >= 0.3 is 0 Å². The zero-order valence-electron chi connectivity index (χ0n) is 18.1. The van der Waals surface area contributed by atoms with Gasteiger partial charge in [0, 0.05) is 0 Å². The number of aromatic hydroxyl groups is 1. The smallest absolute Gasteiger partial charge is 0.258 e. The minimum atomic E-state index is -3.87. The number of hydrogen-bond acceptors (Lipinski definition) is 6. The largest absolute Gasteiger partial charge is 0.504 e. The number of phenolic OH excluding ortho intramolecular Hbond substituents is 1. The molecule has 31 heavy (non-hydrogen) atoms. The van der Waals surface area contributed by atoms with Crippen LogP contribution in [-0.2, 0) is 14.8 Å². The van der Waals surface area contributed by atoms with Crippen LogP contribution in [0.1, 0.15) is 38.3 Å². The number of nitrogens with one attached hydrogen (secondary N) is 2. The maximum absolute atomic E-state index is 12.7. The molecule has 2 rings (SSSR count). The fraction of sp³-hybridized carbons (Fsp3) is 0.364. The van der Waals surface area contributed by atoms with E-state index < -0.39 is 22.0 Å². The molecule has 1 amide bonds. The van der Waals surface area contributed by atoms with Crippen LogP contribution in [0.5, 0.6) is 11.5 Å². The Labute approximate surface area is 183 Å². The fourth-order valence-corrected chi connectivity index (χ4v) is 3.99. The van der Waals surface area contributed by atoms with Crippen molar-refractivity contribution in [1.82, 2.24) is 10.1 Å². The van der Waals surface area contributed by atoms with E-state index in [1.54, 1.807) is 31.2 Å². The SMILES string of the molecule is CCOc1cc(/C=N\NC(=O)[C@H](CC(C)C)NS(=O)(=O)c2ccc(C)cc2)ccc1O. The fourth-order valence-electron chi connectivity index (χ4n) is 2.78. The molecule has 1 atom stereocenters. The molecule has 0 saturated heterocycles. The molecule has 9 heteroatoms. The second-order valence-corrected chi connectivity index (χ2v) is 9.22. The van der Waals surface area contributed by atoms with Crippen molar-refractivity contribution in [2.75, 3.05) is 6.61 Å². The van der Waals surface area contributed by atoms with Gasteiger partial charge in [-0.15, -0.1) is 0 Å². The molecule has 0 heterocycles. The lowest BCUT2D eigenvalue weighted by Gasteiger charge is -2.19. The number of phenols is 1. The van der Waals surface area contributed by atoms with Crippen molar-refractivity contribution in [3.8, 4) is 11.5 Å². The molecule has 0 saturated carbocycles. The van der Waals surface area contributed by atoms with Crippen LogP contribution >= 0.6 is 0 Å². The van der Waals surface area contributed by atoms with Crippen LogP contribution < -0.4 is 14.9 Å². The van der Waals surface area contributed by atoms with E-state index in [2.05, 4.69) is 15.2 Å². The lowest BCUT2D eigenvalue weighted by molar-refractivity contribution is -0.123. The molecular formula is C22H29N3O5S. The maximum Gasteiger partial charge on any atom is 0.258 e. The van der Waals surface area contributed by atoms with Gasteiger partial charge in [-0.1, -0.05) is 31.5 Å². The summed E-state index contributed by atoms with van der Waals surface area (Å²) in [6.07, 6.45) is 1.70. The van der Waals surface area contributed by atoms with Crippen LogP contribution in [0.25, 0.3) is 0 Å². The topological polar surface area (TPSA) is 117 Å². The Balaban J connectivity index is 2.11. The number of hydrogen-bond donors (Lipinski definition) is 3. The van der Waals surface area contributed by atoms with Crippen LogP contribution in [0, 0.1) is 12.8 Å². The van der Waals surface area contributed by atoms with Gasteiger partial charge in [0.2, 0.25) is 10.0 Å². The van der Waals surface area contributed by atoms with Gasteiger partial charge in [0.1, 0.15) is 6.04 Å². The predicted octanol–water partition coefficient (Wildman–Crippen LogP) is 2.94. The van der Waals surface area contributed by atoms with Crippen molar-refractivity contribution in [2.45, 2.75) is 45.1 Å². The second kappa shape index (κ2) is 10.9. The third kappa shape index (κ3) is 7.37. The highest BCUT2D eigenvalue weighted by Crippen LogP contribution is 2.26. The van der Waals surface area contributed by atoms with Gasteiger partial charge in [-0.25, -0.2) is 13.8 Å². The Kier molecular flexibility index (Phi) is 8.58. The Hall–Kier alpha value is -2.91. The molecule has 0 unspecified atom stereocenters. The molecule has 0 radical (unpaired) electrons. The van der Waals surface area contributed by atoms with Crippen molar-refractivity contribution in [3.05, 3.63) is 53.6 Å². The lowest BCUT2D eigenvalue weighted by atomic mass is 10.0. The van der Waals surface area contributed by atoms with E-state index in [-0.39, 0.29) is 16.6 Å². The molecule has 0 aliphatic heterocycles. The van der Waals surface area contributed by atoms with Crippen LogP contribution in [0.4, 0.5) is 0 Å². The first-order valence-electron chi connectivity index (χ1n) is 10.00. The first-order valence-corrected chi connectivity index (χ1v) is 11.5. The molecule has 3 N–H and O–H groups in total. The molecule has 2 aromatic carbocycles. The van der Waals surface area contributed by atoms with Gasteiger partial charge in [-0.3, -0.25) is 4.79 Å². The minimum absolute atomic E-state index is 0.00513. The minimum Gasteiger partial charge on any atom is -0.504 e. The van der Waals surface area contributed by atoms with E-state index in [0.717, 1.165) is 5.56 Å². The van der Waals surface area contributed by atoms with Crippen LogP contribution in [0.15, 0.2) is 52.5 Å². The molecule has 0 spiro atoms. The first kappa shape index (κ1) is 24.4. The number of carbonyl (C=O) groups excluding carboxylic acids is 1. The highest BCUT2D eigenvalue weighted by atomic mass is 32.2. The van der Waals surface area contributed by atoms with Gasteiger partial charge in [0.05, 0.1) is 17.7 Å². The standard InChI is InChI=1S/C22H29N3O5S/c1-5-30-21-13-17(8-11-20(21)26)14-23-24-22(27)19(12-15(2)3)25-31(28,29)18-9-6-16(4)7-10-18/h6-11,13-15,19,25-26H,5,12H2,1-4H3,(H,24,27)/b23-14-/t19-/m0/s1. The number of nitrogens with zero attached hydrogens (tertiary/aromatic N) is 1. The van der Waals surface area contributed by atoms with Crippen molar-refractivity contribution in [1.29, 1.82) is 0 Å². The van der Waals surface area contributed by atoms with Gasteiger partial charge in [0.15, 0.2) is 11.5 Å². The molecular weight excluding hydrogens is 418 g/mol. The summed E-state index contributed by atoms with van der Waals surface area (Å²) in [7, 11) is -3.87. The molecule has 2 aromatic rings. The van der Waals surface area contributed by atoms with E-state index in [1.165, 1.54) is 24.4 Å². The van der Waals surface area contributed by atoms with Gasteiger partial charge in [-0.05, 0) is 62.1 Å². The van der Waals surface area contributed by atoms with Gasteiger partial charge in [0.25, 0.3) is 5.91 Å². The molecule has 0 bridgehead atoms. The molecule has 168 valence electrons. The number of sulfonamides is 1. The Morgan fingerprint density at radius 2 is 1.87 bits per heavy atom. The quantitative estimate of drug-likeness (QED) is 0.382. The summed E-state index contributed by atoms with van der Waals surface area (Å²) in [5.74, 6) is -0.178. The third-order valence-electron chi connectivity index (χ3n) is 4.32. The average Bonchev–Trinajstić information content (AvgIpc) is 2.70. The normalized spacial score (nSPS) is 12.8. The zero-order valence-corrected chi connectivity index (χ0v) is 18.9. The molecule has 0 aliphatic carbocycles. The summed E-state index contributed by atoms with van der Waals surface area (Å²) in [6.45, 7) is 7.85. The van der Waals surface area contributed by atoms with Crippen molar-refractivity contribution in [2.24, 2.45) is 11.0 Å². The highest BCUT2D eigenvalue weighted by molar-refractivity contribution is 7.89. The number of ether oxygens (including phenoxy) is 1. The summed E-state index contributed by atoms with van der Waals surface area (Å²) >= 11 is 0. The van der Waals surface area contributed by atoms with E-state index in [0.29, 0.717) is 24.3 Å². The number of benzene rings is 2. The Morgan fingerprint density at radius 1 is 1.19 bits per heavy atom. The monoisotopic (exact) mass is 447 g/mol. The Morgan fingerprint density at radius 3 is 2.48 bits per heavy atom. The molecule has 0 fully saturated rings. The number of aryl methyl sites for hydroxylation is 1. The summed E-state index contributed by atoms with van der Waals surface area (Å²) in [6, 6.07) is 10.1. The first-order chi connectivity index (χ1) is 14.6. The van der Waals surface area contributed by atoms with E-state index in [9.17, 15) is 18.3 Å². The number of carbonyl (C=O) groups is 1. The summed E-state index contributed by atoms with van der Waals surface area (Å²) in [4.78, 5) is 12.7. The van der Waals surface area contributed by atoms with Crippen LogP contribution in [-0.4, -0.2) is 38.3 Å². The molecule has 8 nitrogen and oxygen atoms in total. The number of rotatable bonds is 10. The zero-order chi connectivity index (χ0) is 23.0. The summed E-state index contributed by atoms with van der Waals surface area (Å²) in [5.41, 5.74) is 3.92. The average molecular weight is 448 g/mol. The predicted molar refractivity (Wildman–Crippen MR) is 120 cm³/mol. The second-order valence-electron chi connectivity index (χ2n) is 7.51. The third-order valence-corrected chi connectivity index (χ3v) is 5.81. The number of amides is 1. The van der Waals surface area contributed by atoms with Crippen molar-refractivity contribution >= 4 is 22.1 Å². The van der Waals surface area contributed by atoms with Crippen LogP contribution in [0.3, 0.4) is 0 Å². The summed E-state index contributed by atoms with van der Waals surface area (Å²) < 4.78 is 33.2.